The lowest BCUT2D eigenvalue weighted by molar-refractivity contribution is -0.305. The molecule has 1 saturated heterocycles. The van der Waals surface area contributed by atoms with Crippen molar-refractivity contribution < 1.29 is 49.0 Å². The van der Waals surface area contributed by atoms with Crippen molar-refractivity contribution in [2.24, 2.45) is 0 Å². The van der Waals surface area contributed by atoms with Crippen LogP contribution in [0.4, 0.5) is 0 Å². The lowest BCUT2D eigenvalue weighted by atomic mass is 9.99. The van der Waals surface area contributed by atoms with E-state index < -0.39 is 55.4 Å². The molecule has 0 bridgehead atoms. The van der Waals surface area contributed by atoms with Crippen molar-refractivity contribution >= 4 is 11.9 Å². The van der Waals surface area contributed by atoms with Gasteiger partial charge in [-0.25, -0.2) is 0 Å². The first kappa shape index (κ1) is 48.9. The number of aliphatic hydroxyl groups is 4. The number of aliphatic hydroxyl groups excluding tert-OH is 4. The van der Waals surface area contributed by atoms with Crippen LogP contribution in [0.2, 0.25) is 0 Å². The average Bonchev–Trinajstić information content (AvgIpc) is 3.15. The SMILES string of the molecule is CC/C=C/C/C=C/C/C=C/CCCCCCCC(=O)OC[C@@H](CO[C@H]1O[C@@H](CO)[C@@H](O)C(O)C1O)OC(=O)CCCCCCCCCCCCCCC. The molecule has 6 atom stereocenters. The van der Waals surface area contributed by atoms with E-state index in [2.05, 4.69) is 50.3 Å². The molecule has 1 heterocycles. The van der Waals surface area contributed by atoms with Crippen molar-refractivity contribution in [3.05, 3.63) is 36.5 Å². The molecule has 2 unspecified atom stereocenters. The maximum atomic E-state index is 12.7. The summed E-state index contributed by atoms with van der Waals surface area (Å²) in [6, 6.07) is 0. The van der Waals surface area contributed by atoms with E-state index in [4.69, 9.17) is 18.9 Å². The van der Waals surface area contributed by atoms with Gasteiger partial charge in [0.2, 0.25) is 0 Å². The third-order valence-electron chi connectivity index (χ3n) is 9.54. The molecular weight excluding hydrogens is 676 g/mol. The van der Waals surface area contributed by atoms with Crippen LogP contribution in [-0.2, 0) is 28.5 Å². The molecule has 0 aliphatic carbocycles. The minimum atomic E-state index is -1.60. The summed E-state index contributed by atoms with van der Waals surface area (Å²) in [7, 11) is 0. The van der Waals surface area contributed by atoms with Gasteiger partial charge in [0.15, 0.2) is 12.4 Å². The number of ether oxygens (including phenoxy) is 4. The van der Waals surface area contributed by atoms with Crippen LogP contribution in [0.15, 0.2) is 36.5 Å². The third-order valence-corrected chi connectivity index (χ3v) is 9.54. The van der Waals surface area contributed by atoms with Crippen molar-refractivity contribution in [3.63, 3.8) is 0 Å². The molecular formula is C43H76O10. The molecule has 0 aromatic rings. The topological polar surface area (TPSA) is 152 Å². The summed E-state index contributed by atoms with van der Waals surface area (Å²) in [6.07, 6.45) is 30.1. The molecule has 0 radical (unpaired) electrons. The van der Waals surface area contributed by atoms with Gasteiger partial charge in [0.05, 0.1) is 13.2 Å². The Morgan fingerprint density at radius 2 is 1.11 bits per heavy atom. The summed E-state index contributed by atoms with van der Waals surface area (Å²) in [4.78, 5) is 25.2. The molecule has 0 amide bonds. The fourth-order valence-electron chi connectivity index (χ4n) is 6.20. The normalized spacial score (nSPS) is 21.2. The van der Waals surface area contributed by atoms with Crippen molar-refractivity contribution in [1.82, 2.24) is 0 Å². The molecule has 53 heavy (non-hydrogen) atoms. The molecule has 308 valence electrons. The Hall–Kier alpha value is -2.08. The number of esters is 2. The van der Waals surface area contributed by atoms with Crippen molar-refractivity contribution in [2.45, 2.75) is 205 Å². The van der Waals surface area contributed by atoms with Crippen LogP contribution < -0.4 is 0 Å². The summed E-state index contributed by atoms with van der Waals surface area (Å²) in [5, 5.41) is 40.0. The maximum Gasteiger partial charge on any atom is 0.306 e. The van der Waals surface area contributed by atoms with Gasteiger partial charge in [-0.05, 0) is 44.9 Å². The van der Waals surface area contributed by atoms with Crippen LogP contribution in [0.5, 0.6) is 0 Å². The number of allylic oxidation sites excluding steroid dienone is 6. The number of hydrogen-bond acceptors (Lipinski definition) is 10. The minimum Gasteiger partial charge on any atom is -0.462 e. The fraction of sp³-hybridized carbons (Fsp3) is 0.814. The fourth-order valence-corrected chi connectivity index (χ4v) is 6.20. The Labute approximate surface area is 321 Å². The van der Waals surface area contributed by atoms with Crippen LogP contribution in [0.25, 0.3) is 0 Å². The molecule has 10 heteroatoms. The smallest absolute Gasteiger partial charge is 0.306 e. The first-order chi connectivity index (χ1) is 25.8. The minimum absolute atomic E-state index is 0.225. The Morgan fingerprint density at radius 1 is 0.604 bits per heavy atom. The van der Waals surface area contributed by atoms with Crippen LogP contribution in [0, 0.1) is 0 Å². The molecule has 0 spiro atoms. The van der Waals surface area contributed by atoms with Crippen LogP contribution >= 0.6 is 0 Å². The Kier molecular flexibility index (Phi) is 31.8. The zero-order valence-corrected chi connectivity index (χ0v) is 33.3. The van der Waals surface area contributed by atoms with E-state index in [1.54, 1.807) is 0 Å². The highest BCUT2D eigenvalue weighted by Crippen LogP contribution is 2.22. The number of hydrogen-bond donors (Lipinski definition) is 4. The zero-order valence-electron chi connectivity index (χ0n) is 33.3. The van der Waals surface area contributed by atoms with Gasteiger partial charge < -0.3 is 39.4 Å². The lowest BCUT2D eigenvalue weighted by Crippen LogP contribution is -2.59. The molecule has 4 N–H and O–H groups in total. The molecule has 1 aliphatic heterocycles. The van der Waals surface area contributed by atoms with Crippen LogP contribution in [-0.4, -0.2) is 89.0 Å². The first-order valence-electron chi connectivity index (χ1n) is 21.1. The maximum absolute atomic E-state index is 12.7. The molecule has 1 rings (SSSR count). The second-order valence-electron chi connectivity index (χ2n) is 14.4. The van der Waals surface area contributed by atoms with E-state index in [9.17, 15) is 30.0 Å². The summed E-state index contributed by atoms with van der Waals surface area (Å²) in [5.41, 5.74) is 0. The van der Waals surface area contributed by atoms with Gasteiger partial charge in [-0.2, -0.15) is 0 Å². The van der Waals surface area contributed by atoms with E-state index in [1.165, 1.54) is 57.8 Å². The van der Waals surface area contributed by atoms with Gasteiger partial charge >= 0.3 is 11.9 Å². The van der Waals surface area contributed by atoms with E-state index in [-0.39, 0.29) is 26.1 Å². The second-order valence-corrected chi connectivity index (χ2v) is 14.4. The van der Waals surface area contributed by atoms with Gasteiger partial charge in [-0.1, -0.05) is 147 Å². The zero-order chi connectivity index (χ0) is 38.8. The van der Waals surface area contributed by atoms with Crippen LogP contribution in [0.3, 0.4) is 0 Å². The van der Waals surface area contributed by atoms with Crippen LogP contribution in [0.1, 0.15) is 168 Å². The van der Waals surface area contributed by atoms with Gasteiger partial charge in [0.1, 0.15) is 31.0 Å². The van der Waals surface area contributed by atoms with E-state index in [0.29, 0.717) is 12.8 Å². The Morgan fingerprint density at radius 3 is 1.68 bits per heavy atom. The standard InChI is InChI=1S/C43H76O10/c1-3-5-7-9-11-13-15-17-18-20-21-23-25-27-29-31-38(45)50-34-36(35-51-43-42(49)41(48)40(47)37(33-44)53-43)52-39(46)32-30-28-26-24-22-19-16-14-12-10-8-6-4-2/h5,7,11,13,17-18,36-37,40-44,47-49H,3-4,6,8-10,12,14-16,19-35H2,1-2H3/b7-5+,13-11+,18-17+/t36-,37-,40+,41?,42?,43-/m0/s1. The second kappa shape index (κ2) is 34.4. The first-order valence-corrected chi connectivity index (χ1v) is 21.1. The lowest BCUT2D eigenvalue weighted by Gasteiger charge is -2.39. The molecule has 1 fully saturated rings. The molecule has 0 aromatic carbocycles. The predicted molar refractivity (Wildman–Crippen MR) is 210 cm³/mol. The largest absolute Gasteiger partial charge is 0.462 e. The number of carbonyl (C=O) groups is 2. The highest BCUT2D eigenvalue weighted by Gasteiger charge is 2.44. The summed E-state index contributed by atoms with van der Waals surface area (Å²) in [5.74, 6) is -0.825. The van der Waals surface area contributed by atoms with Gasteiger partial charge in [0, 0.05) is 12.8 Å². The van der Waals surface area contributed by atoms with E-state index in [1.807, 2.05) is 0 Å². The summed E-state index contributed by atoms with van der Waals surface area (Å²) >= 11 is 0. The Bertz CT molecular complexity index is 965. The third kappa shape index (κ3) is 26.4. The molecule has 0 aromatic heterocycles. The molecule has 1 aliphatic rings. The Balaban J connectivity index is 2.37. The highest BCUT2D eigenvalue weighted by molar-refractivity contribution is 5.70. The van der Waals surface area contributed by atoms with Gasteiger partial charge in [-0.3, -0.25) is 9.59 Å². The molecule has 0 saturated carbocycles. The summed E-state index contributed by atoms with van der Waals surface area (Å²) < 4.78 is 22.1. The number of unbranched alkanes of at least 4 members (excludes halogenated alkanes) is 17. The van der Waals surface area contributed by atoms with Crippen molar-refractivity contribution in [3.8, 4) is 0 Å². The number of rotatable bonds is 34. The predicted octanol–water partition coefficient (Wildman–Crippen LogP) is 8.33. The highest BCUT2D eigenvalue weighted by atomic mass is 16.7. The van der Waals surface area contributed by atoms with E-state index in [0.717, 1.165) is 70.6 Å². The van der Waals surface area contributed by atoms with Gasteiger partial charge in [-0.15, -0.1) is 0 Å². The monoisotopic (exact) mass is 753 g/mol. The van der Waals surface area contributed by atoms with Crippen molar-refractivity contribution in [1.29, 1.82) is 0 Å². The van der Waals surface area contributed by atoms with Crippen molar-refractivity contribution in [2.75, 3.05) is 19.8 Å². The average molecular weight is 753 g/mol. The summed E-state index contributed by atoms with van der Waals surface area (Å²) in [6.45, 7) is 3.28. The quantitative estimate of drug-likeness (QED) is 0.0287. The molecule has 10 nitrogen and oxygen atoms in total. The van der Waals surface area contributed by atoms with Gasteiger partial charge in [0.25, 0.3) is 0 Å². The number of carbonyl (C=O) groups excluding carboxylic acids is 2. The van der Waals surface area contributed by atoms with E-state index >= 15 is 0 Å².